The monoisotopic (exact) mass is 442 g/mol. The van der Waals surface area contributed by atoms with E-state index in [1.807, 2.05) is 36.4 Å². The van der Waals surface area contributed by atoms with Crippen LogP contribution in [-0.4, -0.2) is 5.97 Å². The van der Waals surface area contributed by atoms with Gasteiger partial charge in [-0.15, -0.1) is 0 Å². The highest BCUT2D eigenvalue weighted by Gasteiger charge is 2.60. The highest BCUT2D eigenvalue weighted by molar-refractivity contribution is 5.95. The molecule has 4 aromatic rings. The third kappa shape index (κ3) is 3.38. The normalized spacial score (nSPS) is 25.8. The van der Waals surface area contributed by atoms with E-state index < -0.39 is 5.60 Å². The highest BCUT2D eigenvalue weighted by Crippen LogP contribution is 2.64. The number of hydrogen-bond acceptors (Lipinski definition) is 2. The first kappa shape index (κ1) is 20.7. The van der Waals surface area contributed by atoms with Crippen LogP contribution in [0.4, 0.5) is 0 Å². The minimum Gasteiger partial charge on any atom is -0.450 e. The van der Waals surface area contributed by atoms with E-state index in [0.29, 0.717) is 0 Å². The van der Waals surface area contributed by atoms with E-state index in [0.717, 1.165) is 23.1 Å². The molecule has 1 fully saturated rings. The number of carbonyl (C=O) groups is 1. The smallest absolute Gasteiger partial charge is 0.331 e. The van der Waals surface area contributed by atoms with E-state index in [1.165, 1.54) is 11.1 Å². The number of benzene rings is 4. The summed E-state index contributed by atoms with van der Waals surface area (Å²) in [7, 11) is 0. The average molecular weight is 443 g/mol. The Labute approximate surface area is 200 Å². The van der Waals surface area contributed by atoms with Crippen molar-refractivity contribution in [2.24, 2.45) is 5.92 Å². The molecule has 4 aromatic carbocycles. The fourth-order valence-corrected chi connectivity index (χ4v) is 6.17. The van der Waals surface area contributed by atoms with E-state index >= 15 is 0 Å². The topological polar surface area (TPSA) is 26.3 Å². The first-order valence-electron chi connectivity index (χ1n) is 11.9. The number of carbonyl (C=O) groups excluding carboxylic acids is 1. The maximum atomic E-state index is 13.2. The molecule has 6 rings (SSSR count). The molecule has 0 aromatic heterocycles. The fourth-order valence-electron chi connectivity index (χ4n) is 6.17. The Morgan fingerprint density at radius 3 is 1.79 bits per heavy atom. The Hall–Kier alpha value is -3.91. The van der Waals surface area contributed by atoms with Crippen molar-refractivity contribution in [1.29, 1.82) is 0 Å². The summed E-state index contributed by atoms with van der Waals surface area (Å²) in [5.74, 6) is 0.0808. The van der Waals surface area contributed by atoms with E-state index in [1.54, 1.807) is 6.08 Å². The molecule has 34 heavy (non-hydrogen) atoms. The van der Waals surface area contributed by atoms with Gasteiger partial charge in [0.05, 0.1) is 0 Å². The number of hydrogen-bond donors (Lipinski definition) is 0. The molecule has 0 unspecified atom stereocenters. The molecule has 0 radical (unpaired) electrons. The van der Waals surface area contributed by atoms with Gasteiger partial charge in [-0.25, -0.2) is 4.79 Å². The van der Waals surface area contributed by atoms with Gasteiger partial charge in [0.1, 0.15) is 5.60 Å². The molecule has 0 spiro atoms. The summed E-state index contributed by atoms with van der Waals surface area (Å²) in [4.78, 5) is 13.2. The van der Waals surface area contributed by atoms with Crippen LogP contribution in [-0.2, 0) is 15.1 Å². The minimum absolute atomic E-state index is 0.0115. The molecule has 4 atom stereocenters. The van der Waals surface area contributed by atoms with Gasteiger partial charge in [0, 0.05) is 17.9 Å². The number of rotatable bonds is 4. The van der Waals surface area contributed by atoms with Crippen molar-refractivity contribution in [2.75, 3.05) is 0 Å². The molecule has 1 aliphatic carbocycles. The summed E-state index contributed by atoms with van der Waals surface area (Å²) in [6.45, 7) is 0. The van der Waals surface area contributed by atoms with Gasteiger partial charge in [0.25, 0.3) is 0 Å². The molecule has 2 nitrogen and oxygen atoms in total. The van der Waals surface area contributed by atoms with E-state index in [9.17, 15) is 4.79 Å². The van der Waals surface area contributed by atoms with Crippen LogP contribution in [0.5, 0.6) is 0 Å². The third-order valence-corrected chi connectivity index (χ3v) is 7.49. The van der Waals surface area contributed by atoms with Crippen LogP contribution in [0.2, 0.25) is 0 Å². The number of esters is 1. The molecular formula is C32H26O2. The standard InChI is InChI=1S/C32H26O2/c33-29-21-27(23-13-5-1-6-14-23)31-30(25-17-9-3-10-18-25)28(24-15-7-2-8-16-24)22-32(31,34-29)26-19-11-4-12-20-26/h1-21,28,30-31H,22H2/t28-,30-,31+,32+/m0/s1. The lowest BCUT2D eigenvalue weighted by Gasteiger charge is -2.41. The number of fused-ring (bicyclic) bond motifs is 1. The van der Waals surface area contributed by atoms with Gasteiger partial charge in [-0.05, 0) is 40.2 Å². The quantitative estimate of drug-likeness (QED) is 0.315. The van der Waals surface area contributed by atoms with Crippen molar-refractivity contribution in [2.45, 2.75) is 23.9 Å². The second kappa shape index (κ2) is 8.46. The summed E-state index contributed by atoms with van der Waals surface area (Å²) < 4.78 is 6.42. The molecule has 0 saturated heterocycles. The summed E-state index contributed by atoms with van der Waals surface area (Å²) >= 11 is 0. The Morgan fingerprint density at radius 2 is 1.18 bits per heavy atom. The second-order valence-corrected chi connectivity index (χ2v) is 9.28. The van der Waals surface area contributed by atoms with Crippen molar-refractivity contribution in [3.63, 3.8) is 0 Å². The van der Waals surface area contributed by atoms with Gasteiger partial charge >= 0.3 is 5.97 Å². The largest absolute Gasteiger partial charge is 0.450 e. The maximum absolute atomic E-state index is 13.2. The lowest BCUT2D eigenvalue weighted by molar-refractivity contribution is -0.159. The average Bonchev–Trinajstić information content (AvgIpc) is 3.26. The van der Waals surface area contributed by atoms with E-state index in [-0.39, 0.29) is 23.7 Å². The van der Waals surface area contributed by atoms with Crippen molar-refractivity contribution in [1.82, 2.24) is 0 Å². The third-order valence-electron chi connectivity index (χ3n) is 7.49. The van der Waals surface area contributed by atoms with Crippen LogP contribution >= 0.6 is 0 Å². The van der Waals surface area contributed by atoms with Crippen LogP contribution in [0.25, 0.3) is 5.57 Å². The van der Waals surface area contributed by atoms with Gasteiger partial charge in [-0.3, -0.25) is 0 Å². The summed E-state index contributed by atoms with van der Waals surface area (Å²) in [5, 5.41) is 0. The van der Waals surface area contributed by atoms with E-state index in [2.05, 4.69) is 84.9 Å². The van der Waals surface area contributed by atoms with E-state index in [4.69, 9.17) is 4.74 Å². The Kier molecular flexibility index (Phi) is 5.15. The summed E-state index contributed by atoms with van der Waals surface area (Å²) in [6, 6.07) is 42.1. The van der Waals surface area contributed by atoms with Gasteiger partial charge in [-0.1, -0.05) is 121 Å². The lowest BCUT2D eigenvalue weighted by Crippen LogP contribution is -2.41. The van der Waals surface area contributed by atoms with Crippen LogP contribution < -0.4 is 0 Å². The van der Waals surface area contributed by atoms with Gasteiger partial charge in [-0.2, -0.15) is 0 Å². The van der Waals surface area contributed by atoms with Crippen molar-refractivity contribution in [3.8, 4) is 0 Å². The summed E-state index contributed by atoms with van der Waals surface area (Å²) in [6.07, 6.45) is 2.46. The predicted molar refractivity (Wildman–Crippen MR) is 135 cm³/mol. The van der Waals surface area contributed by atoms with Gasteiger partial charge in [0.2, 0.25) is 0 Å². The van der Waals surface area contributed by atoms with Crippen molar-refractivity contribution >= 4 is 11.5 Å². The molecule has 2 heteroatoms. The van der Waals surface area contributed by atoms with Crippen LogP contribution in [0.15, 0.2) is 127 Å². The Morgan fingerprint density at radius 1 is 0.647 bits per heavy atom. The van der Waals surface area contributed by atoms with Gasteiger partial charge in [0.15, 0.2) is 0 Å². The first-order chi connectivity index (χ1) is 16.8. The summed E-state index contributed by atoms with van der Waals surface area (Å²) in [5.41, 5.74) is 5.03. The SMILES string of the molecule is O=C1C=C(c2ccccc2)[C@@H]2[C@@H](c3ccccc3)[C@H](c3ccccc3)C[C@]2(c2ccccc2)O1. The zero-order valence-corrected chi connectivity index (χ0v) is 18.9. The first-order valence-corrected chi connectivity index (χ1v) is 11.9. The Balaban J connectivity index is 1.63. The zero-order chi connectivity index (χ0) is 23.0. The molecule has 1 heterocycles. The lowest BCUT2D eigenvalue weighted by atomic mass is 9.70. The van der Waals surface area contributed by atoms with Crippen LogP contribution in [0.3, 0.4) is 0 Å². The molecule has 0 bridgehead atoms. The van der Waals surface area contributed by atoms with Crippen molar-refractivity contribution in [3.05, 3.63) is 150 Å². The molecule has 0 amide bonds. The number of ether oxygens (including phenoxy) is 1. The fraction of sp³-hybridized carbons (Fsp3) is 0.156. The molecule has 1 saturated carbocycles. The highest BCUT2D eigenvalue weighted by atomic mass is 16.6. The Bertz CT molecular complexity index is 1310. The molecular weight excluding hydrogens is 416 g/mol. The molecule has 2 aliphatic rings. The van der Waals surface area contributed by atoms with Crippen LogP contribution in [0, 0.1) is 5.92 Å². The second-order valence-electron chi connectivity index (χ2n) is 9.28. The zero-order valence-electron chi connectivity index (χ0n) is 18.9. The molecule has 1 aliphatic heterocycles. The van der Waals surface area contributed by atoms with Crippen LogP contribution in [0.1, 0.15) is 40.5 Å². The molecule has 166 valence electrons. The minimum atomic E-state index is -0.737. The maximum Gasteiger partial charge on any atom is 0.331 e. The van der Waals surface area contributed by atoms with Crippen molar-refractivity contribution < 1.29 is 9.53 Å². The predicted octanol–water partition coefficient (Wildman–Crippen LogP) is 7.11. The molecule has 0 N–H and O–H groups in total. The van der Waals surface area contributed by atoms with Gasteiger partial charge < -0.3 is 4.74 Å².